The van der Waals surface area contributed by atoms with Gasteiger partial charge in [-0.2, -0.15) is 0 Å². The molecule has 2 amide bonds. The highest BCUT2D eigenvalue weighted by atomic mass is 19.1. The molecule has 2 fully saturated rings. The standard InChI is InChI=1S/C19H25FN2O2/c1-3-21-18(23)15-7-9-17(14-6-8-16(20)12(2)10-14)22(11-15)19(24)13-4-5-13/h6,8,10,13,15,17H,3-5,7,9,11H2,1-2H3,(H,21,23). The number of amides is 2. The molecule has 3 rings (SSSR count). The van der Waals surface area contributed by atoms with Crippen molar-refractivity contribution in [1.29, 1.82) is 0 Å². The molecule has 24 heavy (non-hydrogen) atoms. The Balaban J connectivity index is 1.83. The highest BCUT2D eigenvalue weighted by Gasteiger charge is 2.41. The van der Waals surface area contributed by atoms with Crippen LogP contribution in [0, 0.1) is 24.6 Å². The van der Waals surface area contributed by atoms with Gasteiger partial charge in [0.25, 0.3) is 0 Å². The number of halogens is 1. The number of benzene rings is 1. The Morgan fingerprint density at radius 1 is 1.21 bits per heavy atom. The Morgan fingerprint density at radius 3 is 2.54 bits per heavy atom. The number of hydrogen-bond acceptors (Lipinski definition) is 2. The van der Waals surface area contributed by atoms with Crippen LogP contribution in [0.5, 0.6) is 0 Å². The third kappa shape index (κ3) is 3.45. The van der Waals surface area contributed by atoms with Gasteiger partial charge in [-0.25, -0.2) is 4.39 Å². The van der Waals surface area contributed by atoms with Crippen LogP contribution in [0.15, 0.2) is 18.2 Å². The van der Waals surface area contributed by atoms with Gasteiger partial charge in [0.1, 0.15) is 5.82 Å². The average Bonchev–Trinajstić information content (AvgIpc) is 3.41. The summed E-state index contributed by atoms with van der Waals surface area (Å²) in [7, 11) is 0. The largest absolute Gasteiger partial charge is 0.356 e. The quantitative estimate of drug-likeness (QED) is 0.921. The first kappa shape index (κ1) is 16.9. The zero-order valence-corrected chi connectivity index (χ0v) is 14.3. The lowest BCUT2D eigenvalue weighted by atomic mass is 9.87. The summed E-state index contributed by atoms with van der Waals surface area (Å²) in [6.45, 7) is 4.71. The van der Waals surface area contributed by atoms with E-state index in [1.165, 1.54) is 6.07 Å². The summed E-state index contributed by atoms with van der Waals surface area (Å²) in [6.07, 6.45) is 3.37. The van der Waals surface area contributed by atoms with Crippen LogP contribution < -0.4 is 5.32 Å². The van der Waals surface area contributed by atoms with Crippen LogP contribution in [-0.4, -0.2) is 29.8 Å². The molecule has 2 atom stereocenters. The van der Waals surface area contributed by atoms with Crippen LogP contribution >= 0.6 is 0 Å². The Kier molecular flexibility index (Phi) is 4.88. The van der Waals surface area contributed by atoms with E-state index in [1.54, 1.807) is 13.0 Å². The van der Waals surface area contributed by atoms with Crippen LogP contribution in [0.25, 0.3) is 0 Å². The molecule has 0 aromatic heterocycles. The Labute approximate surface area is 142 Å². The minimum Gasteiger partial charge on any atom is -0.356 e. The number of aryl methyl sites for hydroxylation is 1. The van der Waals surface area contributed by atoms with Gasteiger partial charge in [0.2, 0.25) is 11.8 Å². The number of rotatable bonds is 4. The predicted octanol–water partition coefficient (Wildman–Crippen LogP) is 2.96. The molecule has 4 nitrogen and oxygen atoms in total. The molecule has 0 bridgehead atoms. The molecule has 0 radical (unpaired) electrons. The van der Waals surface area contributed by atoms with E-state index >= 15 is 0 Å². The lowest BCUT2D eigenvalue weighted by molar-refractivity contribution is -0.140. The molecule has 5 heteroatoms. The highest BCUT2D eigenvalue weighted by molar-refractivity contribution is 5.84. The van der Waals surface area contributed by atoms with Gasteiger partial charge in [0.05, 0.1) is 12.0 Å². The molecule has 1 N–H and O–H groups in total. The molecule has 1 aliphatic carbocycles. The maximum absolute atomic E-state index is 13.6. The summed E-state index contributed by atoms with van der Waals surface area (Å²) in [5.74, 6) is -0.0851. The summed E-state index contributed by atoms with van der Waals surface area (Å²) in [5, 5.41) is 2.86. The molecule has 1 saturated carbocycles. The second kappa shape index (κ2) is 6.91. The van der Waals surface area contributed by atoms with Crippen molar-refractivity contribution >= 4 is 11.8 Å². The zero-order chi connectivity index (χ0) is 17.3. The van der Waals surface area contributed by atoms with Gasteiger partial charge in [-0.3, -0.25) is 9.59 Å². The number of piperidine rings is 1. The molecule has 130 valence electrons. The smallest absolute Gasteiger partial charge is 0.226 e. The van der Waals surface area contributed by atoms with E-state index in [9.17, 15) is 14.0 Å². The molecule has 0 spiro atoms. The predicted molar refractivity (Wildman–Crippen MR) is 89.7 cm³/mol. The van der Waals surface area contributed by atoms with Gasteiger partial charge in [-0.05, 0) is 56.7 Å². The maximum atomic E-state index is 13.6. The first-order valence-electron chi connectivity index (χ1n) is 8.85. The fourth-order valence-electron chi connectivity index (χ4n) is 3.53. The Hall–Kier alpha value is -1.91. The average molecular weight is 332 g/mol. The van der Waals surface area contributed by atoms with Gasteiger partial charge < -0.3 is 10.2 Å². The van der Waals surface area contributed by atoms with E-state index in [0.29, 0.717) is 18.7 Å². The fraction of sp³-hybridized carbons (Fsp3) is 0.579. The van der Waals surface area contributed by atoms with E-state index in [4.69, 9.17) is 0 Å². The molecular formula is C19H25FN2O2. The first-order chi connectivity index (χ1) is 11.5. The normalized spacial score (nSPS) is 23.9. The maximum Gasteiger partial charge on any atom is 0.226 e. The van der Waals surface area contributed by atoms with Crippen molar-refractivity contribution in [2.75, 3.05) is 13.1 Å². The van der Waals surface area contributed by atoms with E-state index in [1.807, 2.05) is 17.9 Å². The van der Waals surface area contributed by atoms with E-state index in [-0.39, 0.29) is 35.5 Å². The second-order valence-corrected chi connectivity index (χ2v) is 6.96. The number of nitrogens with one attached hydrogen (secondary N) is 1. The lowest BCUT2D eigenvalue weighted by Crippen LogP contribution is -2.47. The van der Waals surface area contributed by atoms with Crippen LogP contribution in [0.4, 0.5) is 4.39 Å². The molecule has 1 aromatic rings. The Morgan fingerprint density at radius 2 is 1.92 bits per heavy atom. The topological polar surface area (TPSA) is 49.4 Å². The second-order valence-electron chi connectivity index (χ2n) is 6.96. The van der Waals surface area contributed by atoms with E-state index in [0.717, 1.165) is 31.2 Å². The number of likely N-dealkylation sites (tertiary alicyclic amines) is 1. The van der Waals surface area contributed by atoms with E-state index in [2.05, 4.69) is 5.32 Å². The van der Waals surface area contributed by atoms with Crippen LogP contribution in [0.3, 0.4) is 0 Å². The third-order valence-corrected chi connectivity index (χ3v) is 5.08. The first-order valence-corrected chi connectivity index (χ1v) is 8.85. The van der Waals surface area contributed by atoms with Gasteiger partial charge in [-0.1, -0.05) is 12.1 Å². The summed E-state index contributed by atoms with van der Waals surface area (Å²) in [5.41, 5.74) is 1.56. The van der Waals surface area contributed by atoms with Crippen LogP contribution in [-0.2, 0) is 9.59 Å². The minimum absolute atomic E-state index is 0.0276. The molecule has 1 saturated heterocycles. The summed E-state index contributed by atoms with van der Waals surface area (Å²) < 4.78 is 13.6. The highest BCUT2D eigenvalue weighted by Crippen LogP contribution is 2.39. The van der Waals surface area contributed by atoms with Crippen molar-refractivity contribution in [3.05, 3.63) is 35.1 Å². The van der Waals surface area contributed by atoms with Gasteiger partial charge >= 0.3 is 0 Å². The van der Waals surface area contributed by atoms with E-state index < -0.39 is 0 Å². The van der Waals surface area contributed by atoms with Crippen LogP contribution in [0.2, 0.25) is 0 Å². The molecular weight excluding hydrogens is 307 g/mol. The van der Waals surface area contributed by atoms with Crippen molar-refractivity contribution in [3.8, 4) is 0 Å². The van der Waals surface area contributed by atoms with Crippen molar-refractivity contribution in [2.24, 2.45) is 11.8 Å². The number of hydrogen-bond donors (Lipinski definition) is 1. The summed E-state index contributed by atoms with van der Waals surface area (Å²) >= 11 is 0. The number of carbonyl (C=O) groups excluding carboxylic acids is 2. The van der Waals surface area contributed by atoms with Crippen molar-refractivity contribution in [3.63, 3.8) is 0 Å². The zero-order valence-electron chi connectivity index (χ0n) is 14.3. The lowest BCUT2D eigenvalue weighted by Gasteiger charge is -2.40. The van der Waals surface area contributed by atoms with Gasteiger partial charge in [-0.15, -0.1) is 0 Å². The van der Waals surface area contributed by atoms with Gasteiger partial charge in [0, 0.05) is 19.0 Å². The molecule has 2 unspecified atom stereocenters. The van der Waals surface area contributed by atoms with Crippen molar-refractivity contribution < 1.29 is 14.0 Å². The monoisotopic (exact) mass is 332 g/mol. The summed E-state index contributed by atoms with van der Waals surface area (Å²) in [4.78, 5) is 26.8. The SMILES string of the molecule is CCNC(=O)C1CCC(c2ccc(F)c(C)c2)N(C(=O)C2CC2)C1. The minimum atomic E-state index is -0.227. The number of carbonyl (C=O) groups is 2. The Bertz CT molecular complexity index is 642. The fourth-order valence-corrected chi connectivity index (χ4v) is 3.53. The summed E-state index contributed by atoms with van der Waals surface area (Å²) in [6, 6.07) is 5.02. The van der Waals surface area contributed by atoms with Gasteiger partial charge in [0.15, 0.2) is 0 Å². The molecule has 1 aliphatic heterocycles. The molecule has 1 aromatic carbocycles. The third-order valence-electron chi connectivity index (χ3n) is 5.08. The molecule has 1 heterocycles. The van der Waals surface area contributed by atoms with Crippen molar-refractivity contribution in [1.82, 2.24) is 10.2 Å². The van der Waals surface area contributed by atoms with Crippen molar-refractivity contribution in [2.45, 2.75) is 45.6 Å². The van der Waals surface area contributed by atoms with Crippen LogP contribution in [0.1, 0.15) is 49.8 Å². The number of nitrogens with zero attached hydrogens (tertiary/aromatic N) is 1. The molecule has 2 aliphatic rings.